The highest BCUT2D eigenvalue weighted by atomic mass is 16.5. The van der Waals surface area contributed by atoms with Gasteiger partial charge in [0.15, 0.2) is 0 Å². The predicted octanol–water partition coefficient (Wildman–Crippen LogP) is 2.73. The molecule has 0 aliphatic carbocycles. The van der Waals surface area contributed by atoms with Crippen molar-refractivity contribution in [3.8, 4) is 5.75 Å². The summed E-state index contributed by atoms with van der Waals surface area (Å²) in [5.41, 5.74) is 1.20. The van der Waals surface area contributed by atoms with Crippen LogP contribution in [0.15, 0.2) is 30.3 Å². The number of rotatable bonds is 2. The number of benzene rings is 1. The lowest BCUT2D eigenvalue weighted by molar-refractivity contribution is 0.415. The van der Waals surface area contributed by atoms with Crippen molar-refractivity contribution in [2.24, 2.45) is 0 Å². The highest BCUT2D eigenvalue weighted by Gasteiger charge is 1.87. The first-order chi connectivity index (χ1) is 5.36. The van der Waals surface area contributed by atoms with Gasteiger partial charge in [-0.1, -0.05) is 24.3 Å². The standard InChI is InChI=1S/C10H12O/c1-3-4-9-5-7-10(11-2)8-6-9/h3-8H,1-2H3/b4-3-. The molecule has 0 heterocycles. The van der Waals surface area contributed by atoms with Crippen LogP contribution in [-0.2, 0) is 0 Å². The van der Waals surface area contributed by atoms with Crippen molar-refractivity contribution in [1.82, 2.24) is 0 Å². The molecule has 0 fully saturated rings. The first-order valence-electron chi connectivity index (χ1n) is 3.63. The van der Waals surface area contributed by atoms with Gasteiger partial charge in [-0.05, 0) is 24.6 Å². The van der Waals surface area contributed by atoms with E-state index in [1.807, 2.05) is 37.3 Å². The first kappa shape index (κ1) is 7.86. The largest absolute Gasteiger partial charge is 0.497 e. The second kappa shape index (κ2) is 3.81. The molecule has 0 bridgehead atoms. The molecule has 0 amide bonds. The summed E-state index contributed by atoms with van der Waals surface area (Å²) in [5.74, 6) is 0.901. The van der Waals surface area contributed by atoms with Gasteiger partial charge >= 0.3 is 0 Å². The molecular formula is C10H12O. The van der Waals surface area contributed by atoms with Crippen LogP contribution in [0.5, 0.6) is 5.75 Å². The average Bonchev–Trinajstić information content (AvgIpc) is 2.07. The minimum atomic E-state index is 0.901. The van der Waals surface area contributed by atoms with Gasteiger partial charge in [0.1, 0.15) is 5.75 Å². The summed E-state index contributed by atoms with van der Waals surface area (Å²) in [6.45, 7) is 2.00. The molecule has 1 aromatic rings. The van der Waals surface area contributed by atoms with Gasteiger partial charge in [-0.2, -0.15) is 0 Å². The Kier molecular flexibility index (Phi) is 2.73. The fourth-order valence-corrected chi connectivity index (χ4v) is 0.907. The zero-order valence-electron chi connectivity index (χ0n) is 6.87. The van der Waals surface area contributed by atoms with E-state index in [9.17, 15) is 0 Å². The maximum atomic E-state index is 5.02. The maximum absolute atomic E-state index is 5.02. The smallest absolute Gasteiger partial charge is 0.118 e. The van der Waals surface area contributed by atoms with Crippen LogP contribution >= 0.6 is 0 Å². The molecule has 0 saturated heterocycles. The van der Waals surface area contributed by atoms with Gasteiger partial charge in [0.2, 0.25) is 0 Å². The molecule has 0 atom stereocenters. The van der Waals surface area contributed by atoms with E-state index in [4.69, 9.17) is 4.74 Å². The third-order valence-corrected chi connectivity index (χ3v) is 1.47. The molecule has 1 rings (SSSR count). The lowest BCUT2D eigenvalue weighted by Gasteiger charge is -1.98. The Labute approximate surface area is 67.3 Å². The van der Waals surface area contributed by atoms with Crippen molar-refractivity contribution in [3.63, 3.8) is 0 Å². The zero-order valence-corrected chi connectivity index (χ0v) is 6.87. The summed E-state index contributed by atoms with van der Waals surface area (Å²) in [5, 5.41) is 0. The van der Waals surface area contributed by atoms with E-state index in [2.05, 4.69) is 6.08 Å². The SMILES string of the molecule is C/C=C\c1ccc(OC)cc1. The molecule has 58 valence electrons. The van der Waals surface area contributed by atoms with Gasteiger partial charge in [-0.15, -0.1) is 0 Å². The molecule has 0 unspecified atom stereocenters. The Hall–Kier alpha value is -1.24. The summed E-state index contributed by atoms with van der Waals surface area (Å²) in [7, 11) is 1.67. The quantitative estimate of drug-likeness (QED) is 0.626. The Bertz CT molecular complexity index is 234. The lowest BCUT2D eigenvalue weighted by atomic mass is 10.2. The first-order valence-corrected chi connectivity index (χ1v) is 3.63. The molecule has 0 saturated carbocycles. The molecular weight excluding hydrogens is 136 g/mol. The number of hydrogen-bond donors (Lipinski definition) is 0. The maximum Gasteiger partial charge on any atom is 0.118 e. The van der Waals surface area contributed by atoms with Crippen LogP contribution < -0.4 is 4.74 Å². The molecule has 0 N–H and O–H groups in total. The van der Waals surface area contributed by atoms with Gasteiger partial charge in [0, 0.05) is 0 Å². The van der Waals surface area contributed by atoms with Crippen LogP contribution in [0.2, 0.25) is 0 Å². The lowest BCUT2D eigenvalue weighted by Crippen LogP contribution is -1.80. The third-order valence-electron chi connectivity index (χ3n) is 1.47. The Morgan fingerprint density at radius 1 is 1.18 bits per heavy atom. The molecule has 1 nitrogen and oxygen atoms in total. The van der Waals surface area contributed by atoms with Crippen molar-refractivity contribution in [2.75, 3.05) is 7.11 Å². The Balaban J connectivity index is 2.82. The monoisotopic (exact) mass is 148 g/mol. The molecule has 1 aromatic carbocycles. The van der Waals surface area contributed by atoms with Crippen molar-refractivity contribution in [3.05, 3.63) is 35.9 Å². The third kappa shape index (κ3) is 2.11. The zero-order chi connectivity index (χ0) is 8.10. The highest BCUT2D eigenvalue weighted by Crippen LogP contribution is 2.11. The summed E-state index contributed by atoms with van der Waals surface area (Å²) < 4.78 is 5.02. The normalized spacial score (nSPS) is 10.4. The molecule has 0 aliphatic rings. The summed E-state index contributed by atoms with van der Waals surface area (Å²) in [6.07, 6.45) is 4.07. The number of ether oxygens (including phenoxy) is 1. The van der Waals surface area contributed by atoms with Crippen LogP contribution in [0.1, 0.15) is 12.5 Å². The van der Waals surface area contributed by atoms with Gasteiger partial charge in [-0.3, -0.25) is 0 Å². The van der Waals surface area contributed by atoms with E-state index in [-0.39, 0.29) is 0 Å². The van der Waals surface area contributed by atoms with E-state index in [1.165, 1.54) is 5.56 Å². The van der Waals surface area contributed by atoms with E-state index in [0.29, 0.717) is 0 Å². The Morgan fingerprint density at radius 3 is 2.27 bits per heavy atom. The predicted molar refractivity (Wildman–Crippen MR) is 47.7 cm³/mol. The molecule has 1 heteroatoms. The topological polar surface area (TPSA) is 9.23 Å². The minimum absolute atomic E-state index is 0.901. The molecule has 0 radical (unpaired) electrons. The van der Waals surface area contributed by atoms with Gasteiger partial charge in [0.05, 0.1) is 7.11 Å². The molecule has 11 heavy (non-hydrogen) atoms. The van der Waals surface area contributed by atoms with Crippen molar-refractivity contribution >= 4 is 6.08 Å². The average molecular weight is 148 g/mol. The Morgan fingerprint density at radius 2 is 1.82 bits per heavy atom. The fourth-order valence-electron chi connectivity index (χ4n) is 0.907. The van der Waals surface area contributed by atoms with E-state index >= 15 is 0 Å². The highest BCUT2D eigenvalue weighted by molar-refractivity contribution is 5.50. The summed E-state index contributed by atoms with van der Waals surface area (Å²) >= 11 is 0. The number of hydrogen-bond acceptors (Lipinski definition) is 1. The van der Waals surface area contributed by atoms with Crippen molar-refractivity contribution in [1.29, 1.82) is 0 Å². The fraction of sp³-hybridized carbons (Fsp3) is 0.200. The van der Waals surface area contributed by atoms with E-state index in [0.717, 1.165) is 5.75 Å². The van der Waals surface area contributed by atoms with Crippen molar-refractivity contribution in [2.45, 2.75) is 6.92 Å². The van der Waals surface area contributed by atoms with Gasteiger partial charge in [0.25, 0.3) is 0 Å². The van der Waals surface area contributed by atoms with Crippen LogP contribution in [0, 0.1) is 0 Å². The van der Waals surface area contributed by atoms with Crippen LogP contribution in [-0.4, -0.2) is 7.11 Å². The van der Waals surface area contributed by atoms with Crippen LogP contribution in [0.25, 0.3) is 6.08 Å². The molecule has 0 aliphatic heterocycles. The summed E-state index contributed by atoms with van der Waals surface area (Å²) in [6, 6.07) is 7.96. The van der Waals surface area contributed by atoms with Crippen molar-refractivity contribution < 1.29 is 4.74 Å². The van der Waals surface area contributed by atoms with Gasteiger partial charge in [-0.25, -0.2) is 0 Å². The molecule has 0 spiro atoms. The van der Waals surface area contributed by atoms with E-state index < -0.39 is 0 Å². The summed E-state index contributed by atoms with van der Waals surface area (Å²) in [4.78, 5) is 0. The van der Waals surface area contributed by atoms with Crippen LogP contribution in [0.4, 0.5) is 0 Å². The minimum Gasteiger partial charge on any atom is -0.497 e. The molecule has 0 aromatic heterocycles. The number of allylic oxidation sites excluding steroid dienone is 1. The number of methoxy groups -OCH3 is 1. The van der Waals surface area contributed by atoms with Crippen LogP contribution in [0.3, 0.4) is 0 Å². The van der Waals surface area contributed by atoms with Gasteiger partial charge < -0.3 is 4.74 Å². The second-order valence-corrected chi connectivity index (χ2v) is 2.27. The second-order valence-electron chi connectivity index (χ2n) is 2.27. The van der Waals surface area contributed by atoms with E-state index in [1.54, 1.807) is 7.11 Å².